The fourth-order valence-electron chi connectivity index (χ4n) is 1.19. The topological polar surface area (TPSA) is 98.5 Å². The molecule has 3 unspecified atom stereocenters. The van der Waals surface area contributed by atoms with Gasteiger partial charge in [0.2, 0.25) is 0 Å². The van der Waals surface area contributed by atoms with E-state index in [0.717, 1.165) is 6.42 Å². The molecule has 3 N–H and O–H groups in total. The van der Waals surface area contributed by atoms with Crippen LogP contribution in [0.15, 0.2) is 0 Å². The molecule has 3 amide bonds. The van der Waals surface area contributed by atoms with Crippen molar-refractivity contribution in [3.8, 4) is 0 Å². The number of hydrogen-bond acceptors (Lipinski definition) is 4. The molecule has 0 heterocycles. The summed E-state index contributed by atoms with van der Waals surface area (Å²) in [6.07, 6.45) is -0.194. The van der Waals surface area contributed by atoms with Gasteiger partial charge in [0.25, 0.3) is 5.91 Å². The van der Waals surface area contributed by atoms with Crippen LogP contribution < -0.4 is 11.1 Å². The molecular weight excluding hydrogens is 200 g/mol. The summed E-state index contributed by atoms with van der Waals surface area (Å²) in [4.78, 5) is 32.8. The zero-order valence-electron chi connectivity index (χ0n) is 8.65. The minimum absolute atomic E-state index is 0.103. The maximum atomic E-state index is 11.3. The SMILES string of the molecule is CC(OC(=O)C1CC1C)C(=O)NC(N)=O. The van der Waals surface area contributed by atoms with Crippen molar-refractivity contribution in [3.05, 3.63) is 0 Å². The summed E-state index contributed by atoms with van der Waals surface area (Å²) >= 11 is 0. The van der Waals surface area contributed by atoms with Crippen molar-refractivity contribution < 1.29 is 19.1 Å². The molecule has 0 radical (unpaired) electrons. The highest BCUT2D eigenvalue weighted by atomic mass is 16.5. The van der Waals surface area contributed by atoms with E-state index in [-0.39, 0.29) is 5.92 Å². The smallest absolute Gasteiger partial charge is 0.318 e. The van der Waals surface area contributed by atoms with Gasteiger partial charge in [0.1, 0.15) is 0 Å². The fourth-order valence-corrected chi connectivity index (χ4v) is 1.19. The van der Waals surface area contributed by atoms with E-state index < -0.39 is 24.0 Å². The number of amides is 3. The Hall–Kier alpha value is -1.59. The monoisotopic (exact) mass is 214 g/mol. The summed E-state index contributed by atoms with van der Waals surface area (Å²) in [6, 6.07) is -0.956. The molecule has 0 aromatic carbocycles. The third-order valence-electron chi connectivity index (χ3n) is 2.32. The number of carbonyl (C=O) groups is 3. The van der Waals surface area contributed by atoms with Crippen LogP contribution >= 0.6 is 0 Å². The van der Waals surface area contributed by atoms with Crippen molar-refractivity contribution in [3.63, 3.8) is 0 Å². The molecule has 1 aliphatic rings. The van der Waals surface area contributed by atoms with Gasteiger partial charge in [-0.1, -0.05) is 6.92 Å². The lowest BCUT2D eigenvalue weighted by atomic mass is 10.3. The molecule has 0 aliphatic heterocycles. The largest absolute Gasteiger partial charge is 0.452 e. The van der Waals surface area contributed by atoms with E-state index in [9.17, 15) is 14.4 Å². The van der Waals surface area contributed by atoms with Gasteiger partial charge in [-0.15, -0.1) is 0 Å². The summed E-state index contributed by atoms with van der Waals surface area (Å²) in [7, 11) is 0. The average molecular weight is 214 g/mol. The van der Waals surface area contributed by atoms with E-state index >= 15 is 0 Å². The number of nitrogens with two attached hydrogens (primary N) is 1. The number of primary amides is 1. The van der Waals surface area contributed by atoms with Crippen LogP contribution in [0.1, 0.15) is 20.3 Å². The summed E-state index contributed by atoms with van der Waals surface area (Å²) in [5.74, 6) is -0.878. The molecule has 84 valence electrons. The maximum absolute atomic E-state index is 11.3. The molecule has 1 aliphatic carbocycles. The Morgan fingerprint density at radius 1 is 1.47 bits per heavy atom. The van der Waals surface area contributed by atoms with Crippen molar-refractivity contribution in [2.24, 2.45) is 17.6 Å². The Kier molecular flexibility index (Phi) is 3.28. The van der Waals surface area contributed by atoms with E-state index in [4.69, 9.17) is 10.5 Å². The predicted octanol–water partition coefficient (Wildman–Crippen LogP) is -0.231. The van der Waals surface area contributed by atoms with Crippen LogP contribution in [0.5, 0.6) is 0 Å². The third-order valence-corrected chi connectivity index (χ3v) is 2.32. The molecule has 1 rings (SSSR count). The highest BCUT2D eigenvalue weighted by Crippen LogP contribution is 2.38. The molecule has 0 aromatic rings. The number of carbonyl (C=O) groups excluding carboxylic acids is 3. The minimum Gasteiger partial charge on any atom is -0.452 e. The molecule has 0 spiro atoms. The molecule has 15 heavy (non-hydrogen) atoms. The first-order valence-corrected chi connectivity index (χ1v) is 4.72. The maximum Gasteiger partial charge on any atom is 0.318 e. The summed E-state index contributed by atoms with van der Waals surface area (Å²) in [6.45, 7) is 3.32. The third kappa shape index (κ3) is 3.23. The standard InChI is InChI=1S/C9H14N2O4/c1-4-3-6(4)8(13)15-5(2)7(12)11-9(10)14/h4-6H,3H2,1-2H3,(H3,10,11,12,14). The van der Waals surface area contributed by atoms with Gasteiger partial charge < -0.3 is 10.5 Å². The first-order chi connectivity index (χ1) is 6.91. The van der Waals surface area contributed by atoms with Crippen molar-refractivity contribution in [2.75, 3.05) is 0 Å². The molecular formula is C9H14N2O4. The molecule has 6 heteroatoms. The highest BCUT2D eigenvalue weighted by Gasteiger charge is 2.41. The Balaban J connectivity index is 2.34. The molecule has 0 aromatic heterocycles. The van der Waals surface area contributed by atoms with Gasteiger partial charge in [0, 0.05) is 0 Å². The van der Waals surface area contributed by atoms with Gasteiger partial charge in [-0.25, -0.2) is 4.79 Å². The van der Waals surface area contributed by atoms with Crippen LogP contribution in [0.3, 0.4) is 0 Å². The number of rotatable bonds is 3. The van der Waals surface area contributed by atoms with E-state index in [1.807, 2.05) is 12.2 Å². The van der Waals surface area contributed by atoms with Crippen LogP contribution in [0, 0.1) is 11.8 Å². The summed E-state index contributed by atoms with van der Waals surface area (Å²) < 4.78 is 4.85. The normalized spacial score (nSPS) is 25.2. The first kappa shape index (κ1) is 11.5. The van der Waals surface area contributed by atoms with Crippen LogP contribution in [0.25, 0.3) is 0 Å². The van der Waals surface area contributed by atoms with Crippen LogP contribution in [0.4, 0.5) is 4.79 Å². The Morgan fingerprint density at radius 3 is 2.40 bits per heavy atom. The van der Waals surface area contributed by atoms with Crippen LogP contribution in [-0.2, 0) is 14.3 Å². The number of ether oxygens (including phenoxy) is 1. The first-order valence-electron chi connectivity index (χ1n) is 4.72. The van der Waals surface area contributed by atoms with Gasteiger partial charge in [-0.05, 0) is 19.3 Å². The lowest BCUT2D eigenvalue weighted by molar-refractivity contribution is -0.156. The summed E-state index contributed by atoms with van der Waals surface area (Å²) in [5.41, 5.74) is 4.74. The predicted molar refractivity (Wildman–Crippen MR) is 50.6 cm³/mol. The molecule has 0 bridgehead atoms. The second kappa shape index (κ2) is 4.29. The second-order valence-electron chi connectivity index (χ2n) is 3.75. The average Bonchev–Trinajstić information content (AvgIpc) is 2.81. The van der Waals surface area contributed by atoms with Crippen molar-refractivity contribution >= 4 is 17.9 Å². The quantitative estimate of drug-likeness (QED) is 0.634. The minimum atomic E-state index is -0.988. The highest BCUT2D eigenvalue weighted by molar-refractivity contribution is 5.96. The number of nitrogens with one attached hydrogen (secondary N) is 1. The molecule has 1 fully saturated rings. The lowest BCUT2D eigenvalue weighted by Crippen LogP contribution is -2.42. The number of hydrogen-bond donors (Lipinski definition) is 2. The van der Waals surface area contributed by atoms with Gasteiger partial charge in [-0.3, -0.25) is 14.9 Å². The van der Waals surface area contributed by atoms with Gasteiger partial charge in [0.15, 0.2) is 6.10 Å². The summed E-state index contributed by atoms with van der Waals surface area (Å²) in [5, 5.41) is 1.84. The van der Waals surface area contributed by atoms with Crippen molar-refractivity contribution in [1.82, 2.24) is 5.32 Å². The van der Waals surface area contributed by atoms with E-state index in [2.05, 4.69) is 0 Å². The van der Waals surface area contributed by atoms with E-state index in [1.54, 1.807) is 0 Å². The second-order valence-corrected chi connectivity index (χ2v) is 3.75. The zero-order chi connectivity index (χ0) is 11.6. The molecule has 0 saturated heterocycles. The molecule has 1 saturated carbocycles. The lowest BCUT2D eigenvalue weighted by Gasteiger charge is -2.11. The number of imide groups is 1. The van der Waals surface area contributed by atoms with Crippen molar-refractivity contribution in [1.29, 1.82) is 0 Å². The van der Waals surface area contributed by atoms with Gasteiger partial charge in [-0.2, -0.15) is 0 Å². The van der Waals surface area contributed by atoms with Crippen LogP contribution in [-0.4, -0.2) is 24.0 Å². The fraction of sp³-hybridized carbons (Fsp3) is 0.667. The van der Waals surface area contributed by atoms with E-state index in [1.165, 1.54) is 6.92 Å². The Labute approximate surface area is 87.1 Å². The molecule has 3 atom stereocenters. The van der Waals surface area contributed by atoms with Gasteiger partial charge >= 0.3 is 12.0 Å². The Morgan fingerprint density at radius 2 is 2.00 bits per heavy atom. The Bertz CT molecular complexity index is 302. The van der Waals surface area contributed by atoms with Gasteiger partial charge in [0.05, 0.1) is 5.92 Å². The number of esters is 1. The molecule has 6 nitrogen and oxygen atoms in total. The van der Waals surface area contributed by atoms with E-state index in [0.29, 0.717) is 5.92 Å². The van der Waals surface area contributed by atoms with Crippen molar-refractivity contribution in [2.45, 2.75) is 26.4 Å². The number of urea groups is 1. The zero-order valence-corrected chi connectivity index (χ0v) is 8.65. The van der Waals surface area contributed by atoms with Crippen LogP contribution in [0.2, 0.25) is 0 Å².